The number of benzene rings is 2. The molecule has 1 atom stereocenters. The summed E-state index contributed by atoms with van der Waals surface area (Å²) < 4.78 is 0. The molecule has 2 amide bonds. The summed E-state index contributed by atoms with van der Waals surface area (Å²) in [6.45, 7) is 4.91. The number of rotatable bonds is 5. The standard InChI is InChI=1S/C23H24ClN3O2S/c1-2-27-11-5-7-17(27)14-25-22(28)16-9-10-20-19(12-16)26-23(29)21(30-20)13-15-6-3-4-8-18(15)24/h3-4,6,8-10,12-13,17H,2,5,7,11,14H2,1H3,(H,25,28)(H,26,29)/b21-13+/t17-/m1/s1. The molecule has 0 saturated carbocycles. The van der Waals surface area contributed by atoms with Crippen LogP contribution < -0.4 is 10.6 Å². The van der Waals surface area contributed by atoms with Gasteiger partial charge in [0.2, 0.25) is 0 Å². The quantitative estimate of drug-likeness (QED) is 0.663. The van der Waals surface area contributed by atoms with Crippen LogP contribution in [-0.4, -0.2) is 42.4 Å². The molecule has 0 aliphatic carbocycles. The van der Waals surface area contributed by atoms with E-state index in [1.54, 1.807) is 24.3 Å². The van der Waals surface area contributed by atoms with E-state index in [9.17, 15) is 9.59 Å². The molecule has 2 heterocycles. The van der Waals surface area contributed by atoms with Gasteiger partial charge >= 0.3 is 0 Å². The maximum atomic E-state index is 12.6. The van der Waals surface area contributed by atoms with E-state index in [1.807, 2.05) is 24.3 Å². The summed E-state index contributed by atoms with van der Waals surface area (Å²) in [5, 5.41) is 6.54. The normalized spacial score (nSPS) is 20.1. The van der Waals surface area contributed by atoms with Crippen LogP contribution in [0.4, 0.5) is 5.69 Å². The Hall–Kier alpha value is -2.28. The Morgan fingerprint density at radius 2 is 2.17 bits per heavy atom. The molecule has 2 N–H and O–H groups in total. The van der Waals surface area contributed by atoms with Gasteiger partial charge in [-0.3, -0.25) is 14.5 Å². The minimum Gasteiger partial charge on any atom is -0.350 e. The van der Waals surface area contributed by atoms with E-state index in [-0.39, 0.29) is 11.8 Å². The van der Waals surface area contributed by atoms with Crippen LogP contribution in [0.15, 0.2) is 52.3 Å². The molecule has 30 heavy (non-hydrogen) atoms. The van der Waals surface area contributed by atoms with Crippen molar-refractivity contribution in [1.82, 2.24) is 10.2 Å². The van der Waals surface area contributed by atoms with Crippen molar-refractivity contribution >= 4 is 46.9 Å². The van der Waals surface area contributed by atoms with Gasteiger partial charge in [0.1, 0.15) is 0 Å². The number of likely N-dealkylation sites (tertiary alicyclic amines) is 1. The van der Waals surface area contributed by atoms with Crippen molar-refractivity contribution in [2.75, 3.05) is 25.0 Å². The summed E-state index contributed by atoms with van der Waals surface area (Å²) in [6.07, 6.45) is 4.08. The third-order valence-corrected chi connectivity index (χ3v) is 6.97. The third kappa shape index (κ3) is 4.56. The number of carbonyl (C=O) groups excluding carboxylic acids is 2. The Kier molecular flexibility index (Phi) is 6.46. The molecule has 2 aromatic rings. The van der Waals surface area contributed by atoms with Gasteiger partial charge in [-0.25, -0.2) is 0 Å². The van der Waals surface area contributed by atoms with Crippen LogP contribution in [-0.2, 0) is 4.79 Å². The van der Waals surface area contributed by atoms with Gasteiger partial charge in [-0.1, -0.05) is 48.5 Å². The van der Waals surface area contributed by atoms with E-state index >= 15 is 0 Å². The monoisotopic (exact) mass is 441 g/mol. The summed E-state index contributed by atoms with van der Waals surface area (Å²) in [5.74, 6) is -0.313. The molecule has 0 unspecified atom stereocenters. The van der Waals surface area contributed by atoms with Crippen molar-refractivity contribution in [1.29, 1.82) is 0 Å². The molecular formula is C23H24ClN3O2S. The number of anilines is 1. The van der Waals surface area contributed by atoms with Crippen molar-refractivity contribution in [2.45, 2.75) is 30.7 Å². The van der Waals surface area contributed by atoms with Gasteiger partial charge in [-0.05, 0) is 61.8 Å². The molecule has 2 aliphatic rings. The number of halogens is 1. The first-order chi connectivity index (χ1) is 14.5. The molecule has 156 valence electrons. The van der Waals surface area contributed by atoms with Crippen LogP contribution in [0.1, 0.15) is 35.7 Å². The van der Waals surface area contributed by atoms with E-state index in [2.05, 4.69) is 22.5 Å². The zero-order valence-electron chi connectivity index (χ0n) is 16.8. The summed E-state index contributed by atoms with van der Waals surface area (Å²) in [6, 6.07) is 13.2. The predicted molar refractivity (Wildman–Crippen MR) is 123 cm³/mol. The molecule has 7 heteroatoms. The lowest BCUT2D eigenvalue weighted by molar-refractivity contribution is -0.112. The fourth-order valence-corrected chi connectivity index (χ4v) is 5.00. The second-order valence-electron chi connectivity index (χ2n) is 7.43. The lowest BCUT2D eigenvalue weighted by Gasteiger charge is -2.23. The molecule has 0 radical (unpaired) electrons. The number of nitrogens with one attached hydrogen (secondary N) is 2. The number of likely N-dealkylation sites (N-methyl/N-ethyl adjacent to an activating group) is 1. The largest absolute Gasteiger partial charge is 0.350 e. The molecular weight excluding hydrogens is 418 g/mol. The van der Waals surface area contributed by atoms with Gasteiger partial charge in [0.05, 0.1) is 10.6 Å². The van der Waals surface area contributed by atoms with Gasteiger partial charge in [-0.2, -0.15) is 0 Å². The van der Waals surface area contributed by atoms with E-state index in [0.717, 1.165) is 30.0 Å². The molecule has 1 saturated heterocycles. The van der Waals surface area contributed by atoms with Crippen molar-refractivity contribution in [2.24, 2.45) is 0 Å². The molecule has 2 aliphatic heterocycles. The predicted octanol–water partition coefficient (Wildman–Crippen LogP) is 4.64. The minimum atomic E-state index is -0.200. The van der Waals surface area contributed by atoms with E-state index in [1.165, 1.54) is 18.2 Å². The number of nitrogens with zero attached hydrogens (tertiary/aromatic N) is 1. The number of fused-ring (bicyclic) bond motifs is 1. The lowest BCUT2D eigenvalue weighted by atomic mass is 10.1. The Morgan fingerprint density at radius 1 is 1.33 bits per heavy atom. The zero-order valence-corrected chi connectivity index (χ0v) is 18.4. The molecule has 2 aromatic carbocycles. The highest BCUT2D eigenvalue weighted by Crippen LogP contribution is 2.39. The fourth-order valence-electron chi connectivity index (χ4n) is 3.89. The van der Waals surface area contributed by atoms with Gasteiger partial charge in [0.15, 0.2) is 0 Å². The second-order valence-corrected chi connectivity index (χ2v) is 8.92. The number of carbonyl (C=O) groups is 2. The topological polar surface area (TPSA) is 61.4 Å². The average molecular weight is 442 g/mol. The smallest absolute Gasteiger partial charge is 0.262 e. The summed E-state index contributed by atoms with van der Waals surface area (Å²) in [5.41, 5.74) is 2.00. The molecule has 5 nitrogen and oxygen atoms in total. The van der Waals surface area contributed by atoms with E-state index in [0.29, 0.717) is 33.8 Å². The third-order valence-electron chi connectivity index (χ3n) is 5.53. The molecule has 0 spiro atoms. The molecule has 0 bridgehead atoms. The lowest BCUT2D eigenvalue weighted by Crippen LogP contribution is -2.40. The molecule has 0 aromatic heterocycles. The van der Waals surface area contributed by atoms with Crippen molar-refractivity contribution < 1.29 is 9.59 Å². The maximum absolute atomic E-state index is 12.6. The van der Waals surface area contributed by atoms with Crippen LogP contribution in [0.5, 0.6) is 0 Å². The van der Waals surface area contributed by atoms with Crippen LogP contribution >= 0.6 is 23.4 Å². The number of hydrogen-bond acceptors (Lipinski definition) is 4. The highest BCUT2D eigenvalue weighted by Gasteiger charge is 2.25. The van der Waals surface area contributed by atoms with Gasteiger partial charge in [0, 0.05) is 28.1 Å². The molecule has 4 rings (SSSR count). The van der Waals surface area contributed by atoms with Crippen molar-refractivity contribution in [3.05, 3.63) is 63.5 Å². The summed E-state index contributed by atoms with van der Waals surface area (Å²) >= 11 is 7.59. The number of amides is 2. The summed E-state index contributed by atoms with van der Waals surface area (Å²) in [7, 11) is 0. The number of thioether (sulfide) groups is 1. The van der Waals surface area contributed by atoms with E-state index in [4.69, 9.17) is 11.6 Å². The van der Waals surface area contributed by atoms with Crippen molar-refractivity contribution in [3.8, 4) is 0 Å². The Labute approximate surface area is 185 Å². The first kappa shape index (κ1) is 21.0. The summed E-state index contributed by atoms with van der Waals surface area (Å²) in [4.78, 5) is 29.1. The number of hydrogen-bond donors (Lipinski definition) is 2. The Balaban J connectivity index is 1.46. The average Bonchev–Trinajstić information content (AvgIpc) is 3.21. The zero-order chi connectivity index (χ0) is 21.1. The van der Waals surface area contributed by atoms with Crippen molar-refractivity contribution in [3.63, 3.8) is 0 Å². The van der Waals surface area contributed by atoms with Gasteiger partial charge in [0.25, 0.3) is 11.8 Å². The van der Waals surface area contributed by atoms with E-state index < -0.39 is 0 Å². The van der Waals surface area contributed by atoms with Gasteiger partial charge in [-0.15, -0.1) is 0 Å². The van der Waals surface area contributed by atoms with Crippen LogP contribution in [0.3, 0.4) is 0 Å². The fraction of sp³-hybridized carbons (Fsp3) is 0.304. The second kappa shape index (κ2) is 9.25. The first-order valence-electron chi connectivity index (χ1n) is 10.2. The highest BCUT2D eigenvalue weighted by molar-refractivity contribution is 8.04. The molecule has 1 fully saturated rings. The Bertz CT molecular complexity index is 1010. The first-order valence-corrected chi connectivity index (χ1v) is 11.4. The highest BCUT2D eigenvalue weighted by atomic mass is 35.5. The maximum Gasteiger partial charge on any atom is 0.262 e. The van der Waals surface area contributed by atoms with Gasteiger partial charge < -0.3 is 10.6 Å². The minimum absolute atomic E-state index is 0.114. The van der Waals surface area contributed by atoms with Crippen LogP contribution in [0.25, 0.3) is 6.08 Å². The van der Waals surface area contributed by atoms with Crippen LogP contribution in [0.2, 0.25) is 5.02 Å². The SMILES string of the molecule is CCN1CCC[C@@H]1CNC(=O)c1ccc2c(c1)NC(=O)/C(=C\c1ccccc1Cl)S2. The van der Waals surface area contributed by atoms with Crippen LogP contribution in [0, 0.1) is 0 Å². The Morgan fingerprint density at radius 3 is 2.97 bits per heavy atom.